The Hall–Kier alpha value is -2.28. The van der Waals surface area contributed by atoms with E-state index in [-0.39, 0.29) is 0 Å². The van der Waals surface area contributed by atoms with Gasteiger partial charge in [-0.05, 0) is 44.2 Å². The maximum Gasteiger partial charge on any atom is 0.0458 e. The molecule has 0 aromatic heterocycles. The number of hydrogen-bond donors (Lipinski definition) is 0. The van der Waals surface area contributed by atoms with E-state index < -0.39 is 0 Å². The number of allylic oxidation sites excluding steroid dienone is 4. The summed E-state index contributed by atoms with van der Waals surface area (Å²) < 4.78 is 0. The SMILES string of the molecule is CC=CC=C(C)N(c1ccccc1)c1ccccc1. The van der Waals surface area contributed by atoms with Crippen molar-refractivity contribution in [2.75, 3.05) is 4.90 Å². The molecule has 0 aliphatic carbocycles. The van der Waals surface area contributed by atoms with Crippen molar-refractivity contribution >= 4 is 11.4 Å². The highest BCUT2D eigenvalue weighted by Gasteiger charge is 2.09. The van der Waals surface area contributed by atoms with E-state index >= 15 is 0 Å². The van der Waals surface area contributed by atoms with Gasteiger partial charge >= 0.3 is 0 Å². The van der Waals surface area contributed by atoms with Gasteiger partial charge in [-0.2, -0.15) is 0 Å². The third-order valence-corrected chi connectivity index (χ3v) is 2.91. The molecule has 96 valence electrons. The lowest BCUT2D eigenvalue weighted by atomic mass is 10.2. The van der Waals surface area contributed by atoms with Gasteiger partial charge in [-0.25, -0.2) is 0 Å². The van der Waals surface area contributed by atoms with Crippen molar-refractivity contribution in [1.82, 2.24) is 0 Å². The first-order chi connectivity index (χ1) is 9.33. The number of nitrogens with zero attached hydrogens (tertiary/aromatic N) is 1. The Morgan fingerprint density at radius 2 is 1.32 bits per heavy atom. The van der Waals surface area contributed by atoms with Gasteiger partial charge in [0.25, 0.3) is 0 Å². The van der Waals surface area contributed by atoms with Crippen molar-refractivity contribution in [1.29, 1.82) is 0 Å². The average molecular weight is 249 g/mol. The molecule has 0 radical (unpaired) electrons. The highest BCUT2D eigenvalue weighted by molar-refractivity contribution is 5.68. The number of anilines is 2. The number of rotatable bonds is 4. The topological polar surface area (TPSA) is 3.24 Å². The van der Waals surface area contributed by atoms with Crippen LogP contribution in [0.25, 0.3) is 0 Å². The quantitative estimate of drug-likeness (QED) is 0.664. The summed E-state index contributed by atoms with van der Waals surface area (Å²) in [5.74, 6) is 0. The van der Waals surface area contributed by atoms with Crippen molar-refractivity contribution in [3.63, 3.8) is 0 Å². The van der Waals surface area contributed by atoms with E-state index in [0.29, 0.717) is 0 Å². The molecule has 1 heteroatoms. The third-order valence-electron chi connectivity index (χ3n) is 2.91. The Balaban J connectivity index is 2.46. The monoisotopic (exact) mass is 249 g/mol. The summed E-state index contributed by atoms with van der Waals surface area (Å²) in [6.07, 6.45) is 6.23. The molecule has 0 atom stereocenters. The summed E-state index contributed by atoms with van der Waals surface area (Å²) in [6, 6.07) is 20.8. The molecule has 2 aromatic rings. The van der Waals surface area contributed by atoms with E-state index in [2.05, 4.69) is 72.5 Å². The molecule has 0 aliphatic rings. The lowest BCUT2D eigenvalue weighted by molar-refractivity contribution is 1.16. The van der Waals surface area contributed by atoms with Crippen LogP contribution in [0.5, 0.6) is 0 Å². The van der Waals surface area contributed by atoms with Gasteiger partial charge in [0.05, 0.1) is 0 Å². The van der Waals surface area contributed by atoms with E-state index in [1.807, 2.05) is 25.1 Å². The lowest BCUT2D eigenvalue weighted by Crippen LogP contribution is -2.13. The predicted octanol–water partition coefficient (Wildman–Crippen LogP) is 5.30. The molecular formula is C18H19N. The molecule has 0 saturated heterocycles. The van der Waals surface area contributed by atoms with Gasteiger partial charge in [0.15, 0.2) is 0 Å². The summed E-state index contributed by atoms with van der Waals surface area (Å²) >= 11 is 0. The van der Waals surface area contributed by atoms with Gasteiger partial charge < -0.3 is 4.90 Å². The summed E-state index contributed by atoms with van der Waals surface area (Å²) in [7, 11) is 0. The van der Waals surface area contributed by atoms with E-state index in [1.165, 1.54) is 17.1 Å². The maximum absolute atomic E-state index is 2.25. The summed E-state index contributed by atoms with van der Waals surface area (Å²) in [6.45, 7) is 4.15. The normalized spacial score (nSPS) is 11.8. The second-order valence-electron chi connectivity index (χ2n) is 4.34. The molecule has 0 spiro atoms. The van der Waals surface area contributed by atoms with Crippen LogP contribution >= 0.6 is 0 Å². The molecule has 0 amide bonds. The van der Waals surface area contributed by atoms with Gasteiger partial charge in [-0.3, -0.25) is 0 Å². The number of para-hydroxylation sites is 2. The second kappa shape index (κ2) is 6.60. The summed E-state index contributed by atoms with van der Waals surface area (Å²) in [4.78, 5) is 2.25. The molecule has 0 saturated carbocycles. The Morgan fingerprint density at radius 3 is 1.74 bits per heavy atom. The van der Waals surface area contributed by atoms with Crippen molar-refractivity contribution in [3.05, 3.63) is 84.6 Å². The van der Waals surface area contributed by atoms with Gasteiger partial charge in [0, 0.05) is 17.1 Å². The molecule has 1 nitrogen and oxygen atoms in total. The van der Waals surface area contributed by atoms with Gasteiger partial charge in [-0.15, -0.1) is 0 Å². The minimum Gasteiger partial charge on any atom is -0.315 e. The molecule has 2 aromatic carbocycles. The fraction of sp³-hybridized carbons (Fsp3) is 0.111. The smallest absolute Gasteiger partial charge is 0.0458 e. The minimum absolute atomic E-state index is 1.17. The molecular weight excluding hydrogens is 230 g/mol. The van der Waals surface area contributed by atoms with Gasteiger partial charge in [0.2, 0.25) is 0 Å². The van der Waals surface area contributed by atoms with Gasteiger partial charge in [-0.1, -0.05) is 48.6 Å². The van der Waals surface area contributed by atoms with Crippen LogP contribution in [0.1, 0.15) is 13.8 Å². The van der Waals surface area contributed by atoms with E-state index in [9.17, 15) is 0 Å². The standard InChI is InChI=1S/C18H19N/c1-3-4-11-16(2)19(17-12-7-5-8-13-17)18-14-9-6-10-15-18/h3-15H,1-2H3. The fourth-order valence-corrected chi connectivity index (χ4v) is 2.02. The Morgan fingerprint density at radius 1 is 0.842 bits per heavy atom. The zero-order valence-electron chi connectivity index (χ0n) is 11.5. The van der Waals surface area contributed by atoms with E-state index in [0.717, 1.165) is 0 Å². The van der Waals surface area contributed by atoms with Crippen LogP contribution in [-0.4, -0.2) is 0 Å². The molecule has 0 N–H and O–H groups in total. The number of benzene rings is 2. The minimum atomic E-state index is 1.17. The van der Waals surface area contributed by atoms with Crippen LogP contribution < -0.4 is 4.90 Å². The zero-order valence-corrected chi connectivity index (χ0v) is 11.5. The Labute approximate surface area is 115 Å². The van der Waals surface area contributed by atoms with Crippen molar-refractivity contribution < 1.29 is 0 Å². The number of hydrogen-bond acceptors (Lipinski definition) is 1. The molecule has 19 heavy (non-hydrogen) atoms. The van der Waals surface area contributed by atoms with Crippen LogP contribution in [0.2, 0.25) is 0 Å². The summed E-state index contributed by atoms with van der Waals surface area (Å²) in [5.41, 5.74) is 3.54. The van der Waals surface area contributed by atoms with Crippen LogP contribution in [0, 0.1) is 0 Å². The molecule has 0 fully saturated rings. The van der Waals surface area contributed by atoms with Crippen molar-refractivity contribution in [3.8, 4) is 0 Å². The molecule has 0 heterocycles. The first-order valence-electron chi connectivity index (χ1n) is 6.52. The Kier molecular flexibility index (Phi) is 4.57. The van der Waals surface area contributed by atoms with Crippen LogP contribution in [-0.2, 0) is 0 Å². The van der Waals surface area contributed by atoms with Gasteiger partial charge in [0.1, 0.15) is 0 Å². The first kappa shape index (κ1) is 13.2. The molecule has 0 aliphatic heterocycles. The fourth-order valence-electron chi connectivity index (χ4n) is 2.02. The highest BCUT2D eigenvalue weighted by Crippen LogP contribution is 2.29. The first-order valence-corrected chi connectivity index (χ1v) is 6.52. The highest BCUT2D eigenvalue weighted by atomic mass is 15.1. The van der Waals surface area contributed by atoms with Crippen LogP contribution in [0.3, 0.4) is 0 Å². The summed E-state index contributed by atoms with van der Waals surface area (Å²) in [5, 5.41) is 0. The molecule has 0 unspecified atom stereocenters. The maximum atomic E-state index is 2.25. The second-order valence-corrected chi connectivity index (χ2v) is 4.34. The van der Waals surface area contributed by atoms with Crippen LogP contribution in [0.4, 0.5) is 11.4 Å². The van der Waals surface area contributed by atoms with E-state index in [1.54, 1.807) is 0 Å². The average Bonchev–Trinajstić information content (AvgIpc) is 2.47. The predicted molar refractivity (Wildman–Crippen MR) is 83.6 cm³/mol. The third kappa shape index (κ3) is 3.35. The molecule has 0 bridgehead atoms. The zero-order chi connectivity index (χ0) is 13.5. The molecule has 2 rings (SSSR count). The Bertz CT molecular complexity index is 513. The lowest BCUT2D eigenvalue weighted by Gasteiger charge is -2.25. The van der Waals surface area contributed by atoms with Crippen molar-refractivity contribution in [2.45, 2.75) is 13.8 Å². The van der Waals surface area contributed by atoms with Crippen LogP contribution in [0.15, 0.2) is 84.6 Å². The van der Waals surface area contributed by atoms with E-state index in [4.69, 9.17) is 0 Å². The van der Waals surface area contributed by atoms with Crippen molar-refractivity contribution in [2.24, 2.45) is 0 Å². The largest absolute Gasteiger partial charge is 0.315 e.